The quantitative estimate of drug-likeness (QED) is 0.392. The van der Waals surface area contributed by atoms with Crippen LogP contribution in [0, 0.1) is 0 Å². The maximum Gasteiger partial charge on any atom is 0.309 e. The van der Waals surface area contributed by atoms with Crippen molar-refractivity contribution >= 4 is 35.1 Å². The van der Waals surface area contributed by atoms with Gasteiger partial charge in [-0.2, -0.15) is 0 Å². The molecule has 4 aliphatic heterocycles. The van der Waals surface area contributed by atoms with Gasteiger partial charge in [0, 0.05) is 16.7 Å². The molecule has 2 aromatic rings. The molecule has 0 radical (unpaired) electrons. The molecule has 2 saturated heterocycles. The first-order valence-electron chi connectivity index (χ1n) is 14.1. The van der Waals surface area contributed by atoms with Gasteiger partial charge in [-0.15, -0.1) is 0 Å². The summed E-state index contributed by atoms with van der Waals surface area (Å²) in [4.78, 5) is 78.9. The molecule has 2 fully saturated rings. The van der Waals surface area contributed by atoms with Crippen molar-refractivity contribution in [1.29, 1.82) is 0 Å². The van der Waals surface area contributed by atoms with Crippen LogP contribution in [-0.4, -0.2) is 86.7 Å². The normalized spacial score (nSPS) is 31.6. The zero-order chi connectivity index (χ0) is 31.9. The Hall–Kier alpha value is -4.98. The summed E-state index contributed by atoms with van der Waals surface area (Å²) >= 11 is 0. The first-order chi connectivity index (χ1) is 21.3. The second-order valence-corrected chi connectivity index (χ2v) is 12.0. The molecule has 13 nitrogen and oxygen atoms in total. The first-order valence-corrected chi connectivity index (χ1v) is 14.1. The number of phenolic OH excluding ortho intramolecular Hbond substituents is 2. The third-order valence-corrected chi connectivity index (χ3v) is 9.16. The Kier molecular flexibility index (Phi) is 5.39. The Bertz CT molecular complexity index is 1960. The molecule has 6 aliphatic rings. The van der Waals surface area contributed by atoms with Gasteiger partial charge in [-0.25, -0.2) is 0 Å². The van der Waals surface area contributed by atoms with E-state index >= 15 is 0 Å². The van der Waals surface area contributed by atoms with Crippen LogP contribution in [0.2, 0.25) is 0 Å². The Balaban J connectivity index is 1.24. The standard InChI is InChI=1S/C32H22O13/c1-9-20-23(30-16(42-9)7-18(35)43-30)28(39)21-12(26(20)37)3-10(5-14(21)33)11-4-13-22(15(34)6-11)29(40)24-25(27(13)38)32(2,41)45-17-8-19(36)44-31(17)24/h3-6,9,16-17,30-31,33-34,41H,7-8H2,1-2H3/t9-,16-,17+,30+,31-,32+/m1/s1. The van der Waals surface area contributed by atoms with Crippen molar-refractivity contribution < 1.29 is 63.0 Å². The minimum Gasteiger partial charge on any atom is -0.507 e. The topological polar surface area (TPSA) is 200 Å². The summed E-state index contributed by atoms with van der Waals surface area (Å²) in [6.07, 6.45) is -5.26. The van der Waals surface area contributed by atoms with Crippen molar-refractivity contribution in [2.45, 2.75) is 63.0 Å². The van der Waals surface area contributed by atoms with Crippen LogP contribution in [0.25, 0.3) is 11.1 Å². The number of Topliss-reactive ketones (excluding diaryl/α,β-unsaturated/α-hetero) is 4. The zero-order valence-electron chi connectivity index (χ0n) is 23.5. The number of aromatic hydroxyl groups is 2. The lowest BCUT2D eigenvalue weighted by Gasteiger charge is -2.40. The number of ketones is 4. The van der Waals surface area contributed by atoms with Crippen molar-refractivity contribution in [3.63, 3.8) is 0 Å². The van der Waals surface area contributed by atoms with Gasteiger partial charge in [0.15, 0.2) is 41.1 Å². The van der Waals surface area contributed by atoms with Crippen LogP contribution in [0.1, 0.15) is 68.1 Å². The molecule has 0 unspecified atom stereocenters. The Morgan fingerprint density at radius 2 is 1.20 bits per heavy atom. The predicted octanol–water partition coefficient (Wildman–Crippen LogP) is 1.64. The number of hydrogen-bond donors (Lipinski definition) is 3. The molecule has 2 aliphatic carbocycles. The zero-order valence-corrected chi connectivity index (χ0v) is 23.5. The highest BCUT2D eigenvalue weighted by molar-refractivity contribution is 6.30. The molecule has 0 spiro atoms. The van der Waals surface area contributed by atoms with Crippen LogP contribution < -0.4 is 0 Å². The number of benzene rings is 2. The predicted molar refractivity (Wildman–Crippen MR) is 145 cm³/mol. The fourth-order valence-corrected chi connectivity index (χ4v) is 7.34. The second-order valence-electron chi connectivity index (χ2n) is 12.0. The fraction of sp³-hybridized carbons (Fsp3) is 0.312. The molecule has 228 valence electrons. The largest absolute Gasteiger partial charge is 0.507 e. The van der Waals surface area contributed by atoms with Crippen LogP contribution in [0.3, 0.4) is 0 Å². The number of aliphatic hydroxyl groups is 1. The number of rotatable bonds is 1. The SMILES string of the molecule is C[C@H]1O[C@@H]2CC(=O)O[C@@H]2C2=C1C(=O)c1cc(-c3cc(O)c4c(c3)C(=O)C3=C(C4=O)[C@@H]4OC(=O)C[C@@H]4O[C@]3(C)O)cc(O)c1C2=O. The lowest BCUT2D eigenvalue weighted by atomic mass is 9.74. The van der Waals surface area contributed by atoms with E-state index in [9.17, 15) is 44.1 Å². The second kappa shape index (κ2) is 8.81. The van der Waals surface area contributed by atoms with Gasteiger partial charge >= 0.3 is 11.9 Å². The molecule has 13 heteroatoms. The summed E-state index contributed by atoms with van der Waals surface area (Å²) in [6, 6.07) is 4.88. The van der Waals surface area contributed by atoms with E-state index in [1.807, 2.05) is 0 Å². The van der Waals surface area contributed by atoms with Gasteiger partial charge in [0.05, 0.1) is 46.8 Å². The van der Waals surface area contributed by atoms with Crippen molar-refractivity contribution in [1.82, 2.24) is 0 Å². The number of esters is 2. The Morgan fingerprint density at radius 1 is 0.689 bits per heavy atom. The van der Waals surface area contributed by atoms with E-state index in [0.717, 1.165) is 6.07 Å². The van der Waals surface area contributed by atoms with Crippen molar-refractivity contribution in [3.8, 4) is 22.6 Å². The molecular weight excluding hydrogens is 592 g/mol. The number of hydrogen-bond acceptors (Lipinski definition) is 13. The number of carbonyl (C=O) groups excluding carboxylic acids is 6. The summed E-state index contributed by atoms with van der Waals surface area (Å²) < 4.78 is 21.9. The average molecular weight is 615 g/mol. The minimum absolute atomic E-state index is 0.000948. The lowest BCUT2D eigenvalue weighted by molar-refractivity contribution is -0.206. The van der Waals surface area contributed by atoms with E-state index in [0.29, 0.717) is 0 Å². The van der Waals surface area contributed by atoms with Crippen molar-refractivity contribution in [2.24, 2.45) is 0 Å². The van der Waals surface area contributed by atoms with Crippen LogP contribution in [0.5, 0.6) is 11.5 Å². The summed E-state index contributed by atoms with van der Waals surface area (Å²) in [5.74, 6) is -7.72. The fourth-order valence-electron chi connectivity index (χ4n) is 7.34. The molecule has 0 saturated carbocycles. The van der Waals surface area contributed by atoms with E-state index < -0.39 is 88.5 Å². The average Bonchev–Trinajstić information content (AvgIpc) is 3.51. The minimum atomic E-state index is -2.26. The molecule has 3 N–H and O–H groups in total. The van der Waals surface area contributed by atoms with Crippen molar-refractivity contribution in [3.05, 3.63) is 68.8 Å². The Labute approximate surface area is 252 Å². The molecule has 45 heavy (non-hydrogen) atoms. The Morgan fingerprint density at radius 3 is 1.80 bits per heavy atom. The highest BCUT2D eigenvalue weighted by Gasteiger charge is 2.56. The van der Waals surface area contributed by atoms with Gasteiger partial charge in [0.2, 0.25) is 0 Å². The number of phenols is 2. The van der Waals surface area contributed by atoms with Crippen LogP contribution in [0.15, 0.2) is 46.6 Å². The summed E-state index contributed by atoms with van der Waals surface area (Å²) in [7, 11) is 0. The number of carbonyl (C=O) groups is 6. The number of fused-ring (bicyclic) bond motifs is 6. The number of ether oxygens (including phenoxy) is 4. The van der Waals surface area contributed by atoms with Crippen LogP contribution in [-0.2, 0) is 28.5 Å². The molecular formula is C32H22O13. The summed E-state index contributed by atoms with van der Waals surface area (Å²) in [6.45, 7) is 2.74. The van der Waals surface area contributed by atoms with E-state index in [2.05, 4.69) is 0 Å². The third kappa shape index (κ3) is 3.59. The summed E-state index contributed by atoms with van der Waals surface area (Å²) in [5, 5.41) is 33.2. The van der Waals surface area contributed by atoms with Gasteiger partial charge in [-0.05, 0) is 49.2 Å². The molecule has 4 heterocycles. The molecule has 2 aromatic carbocycles. The van der Waals surface area contributed by atoms with E-state index in [4.69, 9.17) is 18.9 Å². The lowest BCUT2D eigenvalue weighted by Crippen LogP contribution is -2.51. The molecule has 0 amide bonds. The van der Waals surface area contributed by atoms with Gasteiger partial charge in [-0.3, -0.25) is 28.8 Å². The van der Waals surface area contributed by atoms with E-state index in [1.165, 1.54) is 25.1 Å². The van der Waals surface area contributed by atoms with Crippen LogP contribution in [0.4, 0.5) is 0 Å². The molecule has 8 rings (SSSR count). The molecule has 0 aromatic heterocycles. The molecule has 0 bridgehead atoms. The van der Waals surface area contributed by atoms with Gasteiger partial charge in [0.1, 0.15) is 23.7 Å². The highest BCUT2D eigenvalue weighted by Crippen LogP contribution is 2.48. The van der Waals surface area contributed by atoms with Gasteiger partial charge < -0.3 is 34.3 Å². The molecule has 6 atom stereocenters. The van der Waals surface area contributed by atoms with E-state index in [1.54, 1.807) is 6.92 Å². The van der Waals surface area contributed by atoms with Gasteiger partial charge in [0.25, 0.3) is 0 Å². The van der Waals surface area contributed by atoms with Crippen molar-refractivity contribution in [2.75, 3.05) is 0 Å². The van der Waals surface area contributed by atoms with Gasteiger partial charge in [-0.1, -0.05) is 0 Å². The maximum atomic E-state index is 13.8. The van der Waals surface area contributed by atoms with E-state index in [-0.39, 0.29) is 62.9 Å². The highest BCUT2D eigenvalue weighted by atomic mass is 16.7. The maximum absolute atomic E-state index is 13.8. The third-order valence-electron chi connectivity index (χ3n) is 9.16. The monoisotopic (exact) mass is 614 g/mol. The summed E-state index contributed by atoms with van der Waals surface area (Å²) in [5.41, 5.74) is -1.69. The first kappa shape index (κ1) is 27.6. The van der Waals surface area contributed by atoms with Crippen LogP contribution >= 0.6 is 0 Å². The smallest absolute Gasteiger partial charge is 0.309 e.